The third kappa shape index (κ3) is 2.16. The molecular weight excluding hydrogens is 186 g/mol. The summed E-state index contributed by atoms with van der Waals surface area (Å²) in [6.07, 6.45) is 4.61. The number of fused-ring (bicyclic) bond motifs is 1. The molecule has 0 fully saturated rings. The minimum absolute atomic E-state index is 0.238. The number of aliphatic hydroxyl groups excluding tert-OH is 1. The van der Waals surface area contributed by atoms with Crippen molar-refractivity contribution < 1.29 is 5.11 Å². The molecule has 0 saturated carbocycles. The summed E-state index contributed by atoms with van der Waals surface area (Å²) in [7, 11) is 0. The van der Waals surface area contributed by atoms with Gasteiger partial charge >= 0.3 is 0 Å². The van der Waals surface area contributed by atoms with E-state index in [1.54, 1.807) is 0 Å². The summed E-state index contributed by atoms with van der Waals surface area (Å²) in [5.41, 5.74) is 1.29. The van der Waals surface area contributed by atoms with E-state index < -0.39 is 0 Å². The largest absolute Gasteiger partial charge is 0.396 e. The Balaban J connectivity index is 2.42. The number of benzene rings is 1. The van der Waals surface area contributed by atoms with Crippen LogP contribution in [-0.2, 0) is 6.42 Å². The third-order valence-electron chi connectivity index (χ3n) is 2.65. The highest BCUT2D eigenvalue weighted by molar-refractivity contribution is 5.84. The first-order chi connectivity index (χ1) is 7.31. The molecule has 0 saturated heterocycles. The quantitative estimate of drug-likeness (QED) is 0.827. The topological polar surface area (TPSA) is 33.1 Å². The van der Waals surface area contributed by atoms with Crippen LogP contribution in [0.4, 0.5) is 0 Å². The first-order valence-electron chi connectivity index (χ1n) is 5.23. The molecule has 1 heterocycles. The van der Waals surface area contributed by atoms with E-state index >= 15 is 0 Å². The summed E-state index contributed by atoms with van der Waals surface area (Å²) in [4.78, 5) is 4.10. The highest BCUT2D eigenvalue weighted by atomic mass is 16.3. The van der Waals surface area contributed by atoms with Crippen molar-refractivity contribution >= 4 is 10.8 Å². The fourth-order valence-electron chi connectivity index (χ4n) is 1.81. The zero-order valence-electron chi connectivity index (χ0n) is 8.85. The van der Waals surface area contributed by atoms with Gasteiger partial charge in [0.1, 0.15) is 0 Å². The number of rotatable bonds is 3. The van der Waals surface area contributed by atoms with Gasteiger partial charge in [-0.15, -0.1) is 0 Å². The van der Waals surface area contributed by atoms with Crippen molar-refractivity contribution in [2.75, 3.05) is 6.61 Å². The molecule has 0 amide bonds. The van der Waals surface area contributed by atoms with Gasteiger partial charge in [-0.2, -0.15) is 0 Å². The molecule has 0 radical (unpaired) electrons. The lowest BCUT2D eigenvalue weighted by molar-refractivity contribution is 0.237. The second-order valence-electron chi connectivity index (χ2n) is 4.01. The van der Waals surface area contributed by atoms with Gasteiger partial charge in [0, 0.05) is 24.4 Å². The van der Waals surface area contributed by atoms with Crippen LogP contribution in [-0.4, -0.2) is 16.7 Å². The number of aliphatic hydroxyl groups is 1. The van der Waals surface area contributed by atoms with Crippen LogP contribution in [0.1, 0.15) is 12.5 Å². The molecule has 2 aromatic rings. The van der Waals surface area contributed by atoms with Gasteiger partial charge in [-0.05, 0) is 29.4 Å². The van der Waals surface area contributed by atoms with Gasteiger partial charge in [0.05, 0.1) is 0 Å². The zero-order valence-corrected chi connectivity index (χ0v) is 8.85. The van der Waals surface area contributed by atoms with Crippen molar-refractivity contribution in [2.24, 2.45) is 5.92 Å². The number of hydrogen-bond acceptors (Lipinski definition) is 2. The summed E-state index contributed by atoms with van der Waals surface area (Å²) in [5, 5.41) is 11.5. The molecule has 1 N–H and O–H groups in total. The average Bonchev–Trinajstić information content (AvgIpc) is 2.29. The average molecular weight is 201 g/mol. The molecule has 2 rings (SSSR count). The lowest BCUT2D eigenvalue weighted by atomic mass is 9.97. The lowest BCUT2D eigenvalue weighted by Crippen LogP contribution is -2.04. The van der Waals surface area contributed by atoms with Crippen LogP contribution in [0.3, 0.4) is 0 Å². The molecule has 0 aliphatic rings. The molecule has 1 aromatic carbocycles. The fraction of sp³-hybridized carbons (Fsp3) is 0.308. The monoisotopic (exact) mass is 201 g/mol. The molecule has 1 atom stereocenters. The zero-order chi connectivity index (χ0) is 10.7. The molecular formula is C13H15NO. The molecule has 15 heavy (non-hydrogen) atoms. The maximum atomic E-state index is 9.06. The Morgan fingerprint density at radius 1 is 1.33 bits per heavy atom. The molecule has 0 aliphatic carbocycles. The molecule has 2 nitrogen and oxygen atoms in total. The maximum Gasteiger partial charge on any atom is 0.0459 e. The Bertz CT molecular complexity index is 448. The summed E-state index contributed by atoms with van der Waals surface area (Å²) in [6, 6.07) is 8.27. The second-order valence-corrected chi connectivity index (χ2v) is 4.01. The van der Waals surface area contributed by atoms with E-state index in [1.807, 2.05) is 24.5 Å². The van der Waals surface area contributed by atoms with Crippen LogP contribution in [0.15, 0.2) is 36.7 Å². The van der Waals surface area contributed by atoms with Gasteiger partial charge in [-0.25, -0.2) is 0 Å². The Labute approximate surface area is 89.6 Å². The Morgan fingerprint density at radius 3 is 3.00 bits per heavy atom. The highest BCUT2D eigenvalue weighted by Crippen LogP contribution is 2.20. The lowest BCUT2D eigenvalue weighted by Gasteiger charge is -2.10. The molecule has 2 heteroatoms. The van der Waals surface area contributed by atoms with E-state index in [-0.39, 0.29) is 6.61 Å². The van der Waals surface area contributed by atoms with Crippen molar-refractivity contribution in [1.82, 2.24) is 4.98 Å². The van der Waals surface area contributed by atoms with Crippen molar-refractivity contribution in [3.8, 4) is 0 Å². The van der Waals surface area contributed by atoms with Crippen LogP contribution in [0.25, 0.3) is 10.8 Å². The fourth-order valence-corrected chi connectivity index (χ4v) is 1.81. The predicted octanol–water partition coefficient (Wildman–Crippen LogP) is 2.41. The second kappa shape index (κ2) is 4.41. The summed E-state index contributed by atoms with van der Waals surface area (Å²) >= 11 is 0. The number of pyridine rings is 1. The van der Waals surface area contributed by atoms with Gasteiger partial charge in [-0.1, -0.05) is 25.1 Å². The van der Waals surface area contributed by atoms with Crippen molar-refractivity contribution in [2.45, 2.75) is 13.3 Å². The number of hydrogen-bond donors (Lipinski definition) is 1. The number of nitrogens with zero attached hydrogens (tertiary/aromatic N) is 1. The molecule has 0 aliphatic heterocycles. The van der Waals surface area contributed by atoms with E-state index in [0.717, 1.165) is 6.42 Å². The Morgan fingerprint density at radius 2 is 2.20 bits per heavy atom. The normalized spacial score (nSPS) is 12.9. The van der Waals surface area contributed by atoms with Crippen LogP contribution >= 0.6 is 0 Å². The van der Waals surface area contributed by atoms with Crippen LogP contribution in [0.5, 0.6) is 0 Å². The van der Waals surface area contributed by atoms with Crippen LogP contribution in [0.2, 0.25) is 0 Å². The predicted molar refractivity (Wildman–Crippen MR) is 61.7 cm³/mol. The van der Waals surface area contributed by atoms with Crippen molar-refractivity contribution in [3.63, 3.8) is 0 Å². The minimum atomic E-state index is 0.238. The van der Waals surface area contributed by atoms with Gasteiger partial charge in [0.15, 0.2) is 0 Å². The van der Waals surface area contributed by atoms with Crippen molar-refractivity contribution in [1.29, 1.82) is 0 Å². The SMILES string of the molecule is CC(CO)Cc1cccc2cnccc12. The number of aromatic nitrogens is 1. The van der Waals surface area contributed by atoms with E-state index in [1.165, 1.54) is 16.3 Å². The Hall–Kier alpha value is -1.41. The van der Waals surface area contributed by atoms with Crippen LogP contribution < -0.4 is 0 Å². The summed E-state index contributed by atoms with van der Waals surface area (Å²) in [5.74, 6) is 0.309. The maximum absolute atomic E-state index is 9.06. The van der Waals surface area contributed by atoms with Gasteiger partial charge in [0.25, 0.3) is 0 Å². The van der Waals surface area contributed by atoms with Crippen molar-refractivity contribution in [3.05, 3.63) is 42.2 Å². The standard InChI is InChI=1S/C13H15NO/c1-10(9-15)7-11-3-2-4-12-8-14-6-5-13(11)12/h2-6,8,10,15H,7,9H2,1H3. The molecule has 1 unspecified atom stereocenters. The van der Waals surface area contributed by atoms with E-state index in [9.17, 15) is 0 Å². The third-order valence-corrected chi connectivity index (χ3v) is 2.65. The van der Waals surface area contributed by atoms with Crippen LogP contribution in [0, 0.1) is 5.92 Å². The summed E-state index contributed by atoms with van der Waals surface area (Å²) in [6.45, 7) is 2.29. The van der Waals surface area contributed by atoms with Gasteiger partial charge in [0.2, 0.25) is 0 Å². The van der Waals surface area contributed by atoms with Gasteiger partial charge < -0.3 is 5.11 Å². The highest BCUT2D eigenvalue weighted by Gasteiger charge is 2.05. The first kappa shape index (κ1) is 10.1. The summed E-state index contributed by atoms with van der Waals surface area (Å²) < 4.78 is 0. The van der Waals surface area contributed by atoms with Gasteiger partial charge in [-0.3, -0.25) is 4.98 Å². The molecule has 0 bridgehead atoms. The smallest absolute Gasteiger partial charge is 0.0459 e. The van der Waals surface area contributed by atoms with E-state index in [0.29, 0.717) is 5.92 Å². The Kier molecular flexibility index (Phi) is 2.97. The molecule has 0 spiro atoms. The van der Waals surface area contributed by atoms with E-state index in [2.05, 4.69) is 24.0 Å². The van der Waals surface area contributed by atoms with E-state index in [4.69, 9.17) is 5.11 Å². The first-order valence-corrected chi connectivity index (χ1v) is 5.23. The molecule has 78 valence electrons. The molecule has 1 aromatic heterocycles. The minimum Gasteiger partial charge on any atom is -0.396 e.